The fourth-order valence-corrected chi connectivity index (χ4v) is 2.87. The predicted molar refractivity (Wildman–Crippen MR) is 61.7 cm³/mol. The molecule has 1 saturated heterocycles. The first kappa shape index (κ1) is 10.9. The van der Waals surface area contributed by atoms with Gasteiger partial charge in [0.1, 0.15) is 5.60 Å². The third-order valence-electron chi connectivity index (χ3n) is 3.25. The van der Waals surface area contributed by atoms with Crippen molar-refractivity contribution in [3.05, 3.63) is 11.1 Å². The number of thiazole rings is 1. The molecule has 1 aromatic heterocycles. The zero-order chi connectivity index (χ0) is 11.1. The summed E-state index contributed by atoms with van der Waals surface area (Å²) in [7, 11) is 2.09. The maximum absolute atomic E-state index is 10.5. The van der Waals surface area contributed by atoms with Gasteiger partial charge in [0.05, 0.1) is 4.88 Å². The molecule has 1 aliphatic heterocycles. The number of nitrogens with zero attached hydrogens (tertiary/aromatic N) is 2. The summed E-state index contributed by atoms with van der Waals surface area (Å²) in [6.45, 7) is 3.05. The number of rotatable bonds is 1. The second-order valence-corrected chi connectivity index (χ2v) is 5.44. The van der Waals surface area contributed by atoms with Gasteiger partial charge >= 0.3 is 0 Å². The predicted octanol–water partition coefficient (Wildman–Crippen LogP) is 1.03. The second-order valence-electron chi connectivity index (χ2n) is 4.38. The van der Waals surface area contributed by atoms with Crippen LogP contribution >= 0.6 is 11.3 Å². The van der Waals surface area contributed by atoms with E-state index in [4.69, 9.17) is 5.73 Å². The maximum Gasteiger partial charge on any atom is 0.180 e. The van der Waals surface area contributed by atoms with E-state index in [1.165, 1.54) is 11.3 Å². The number of piperidine rings is 1. The summed E-state index contributed by atoms with van der Waals surface area (Å²) in [5.41, 5.74) is 4.87. The summed E-state index contributed by atoms with van der Waals surface area (Å²) in [6, 6.07) is 0.395. The molecule has 2 atom stereocenters. The van der Waals surface area contributed by atoms with Crippen molar-refractivity contribution < 1.29 is 5.11 Å². The number of anilines is 1. The molecule has 1 aliphatic rings. The Balaban J connectivity index is 2.20. The van der Waals surface area contributed by atoms with E-state index in [2.05, 4.69) is 23.9 Å². The van der Waals surface area contributed by atoms with Gasteiger partial charge in [0.2, 0.25) is 0 Å². The quantitative estimate of drug-likeness (QED) is 0.752. The number of hydrogen-bond acceptors (Lipinski definition) is 5. The summed E-state index contributed by atoms with van der Waals surface area (Å²) >= 11 is 1.39. The van der Waals surface area contributed by atoms with Gasteiger partial charge in [0.25, 0.3) is 0 Å². The van der Waals surface area contributed by atoms with Crippen molar-refractivity contribution in [2.24, 2.45) is 0 Å². The highest BCUT2D eigenvalue weighted by Crippen LogP contribution is 2.38. The average Bonchev–Trinajstić information content (AvgIpc) is 2.60. The van der Waals surface area contributed by atoms with Crippen LogP contribution in [0.1, 0.15) is 24.6 Å². The Hall–Kier alpha value is -0.650. The molecule has 1 fully saturated rings. The molecule has 84 valence electrons. The summed E-state index contributed by atoms with van der Waals surface area (Å²) in [5.74, 6) is 0. The fourth-order valence-electron chi connectivity index (χ4n) is 2.05. The fraction of sp³-hybridized carbons (Fsp3) is 0.700. The summed E-state index contributed by atoms with van der Waals surface area (Å²) in [4.78, 5) is 7.17. The Morgan fingerprint density at radius 3 is 3.00 bits per heavy atom. The van der Waals surface area contributed by atoms with Crippen LogP contribution in [0.2, 0.25) is 0 Å². The maximum atomic E-state index is 10.5. The van der Waals surface area contributed by atoms with E-state index in [0.717, 1.165) is 24.3 Å². The van der Waals surface area contributed by atoms with Crippen molar-refractivity contribution in [1.29, 1.82) is 0 Å². The van der Waals surface area contributed by atoms with Crippen molar-refractivity contribution in [3.8, 4) is 0 Å². The van der Waals surface area contributed by atoms with Crippen LogP contribution < -0.4 is 5.73 Å². The lowest BCUT2D eigenvalue weighted by molar-refractivity contribution is -0.0381. The largest absolute Gasteiger partial charge is 0.384 e. The molecular weight excluding hydrogens is 210 g/mol. The lowest BCUT2D eigenvalue weighted by Crippen LogP contribution is -2.45. The Kier molecular flexibility index (Phi) is 2.70. The monoisotopic (exact) mass is 227 g/mol. The van der Waals surface area contributed by atoms with Gasteiger partial charge in [-0.15, -0.1) is 0 Å². The van der Waals surface area contributed by atoms with Crippen LogP contribution in [0.25, 0.3) is 0 Å². The van der Waals surface area contributed by atoms with Crippen molar-refractivity contribution in [2.45, 2.75) is 31.4 Å². The normalized spacial score (nSPS) is 33.1. The standard InChI is InChI=1S/C10H17N3OS/c1-7-5-10(14,3-4-13(7)2)8-6-12-9(11)15-8/h6-7,14H,3-5H2,1-2H3,(H2,11,12). The number of likely N-dealkylation sites (tertiary alicyclic amines) is 1. The second kappa shape index (κ2) is 3.73. The van der Waals surface area contributed by atoms with Gasteiger partial charge in [-0.3, -0.25) is 0 Å². The van der Waals surface area contributed by atoms with Crippen LogP contribution in [0.5, 0.6) is 0 Å². The minimum absolute atomic E-state index is 0.395. The first-order valence-corrected chi connectivity index (χ1v) is 5.97. The molecular formula is C10H17N3OS. The van der Waals surface area contributed by atoms with Gasteiger partial charge in [-0.2, -0.15) is 0 Å². The lowest BCUT2D eigenvalue weighted by Gasteiger charge is -2.40. The lowest BCUT2D eigenvalue weighted by atomic mass is 9.86. The molecule has 0 aliphatic carbocycles. The molecule has 2 unspecified atom stereocenters. The van der Waals surface area contributed by atoms with Gasteiger partial charge in [0, 0.05) is 18.8 Å². The van der Waals surface area contributed by atoms with E-state index >= 15 is 0 Å². The van der Waals surface area contributed by atoms with E-state index in [0.29, 0.717) is 11.2 Å². The van der Waals surface area contributed by atoms with Crippen molar-refractivity contribution in [1.82, 2.24) is 9.88 Å². The van der Waals surface area contributed by atoms with Crippen molar-refractivity contribution in [3.63, 3.8) is 0 Å². The zero-order valence-electron chi connectivity index (χ0n) is 9.10. The molecule has 15 heavy (non-hydrogen) atoms. The summed E-state index contributed by atoms with van der Waals surface area (Å²) in [5, 5.41) is 11.1. The molecule has 4 nitrogen and oxygen atoms in total. The third-order valence-corrected chi connectivity index (χ3v) is 4.27. The molecule has 1 aromatic rings. The minimum Gasteiger partial charge on any atom is -0.384 e. The van der Waals surface area contributed by atoms with Gasteiger partial charge < -0.3 is 15.7 Å². The molecule has 0 aromatic carbocycles. The molecule has 0 saturated carbocycles. The Morgan fingerprint density at radius 1 is 1.73 bits per heavy atom. The molecule has 5 heteroatoms. The van der Waals surface area contributed by atoms with Gasteiger partial charge in [0.15, 0.2) is 5.13 Å². The Bertz CT molecular complexity index is 354. The third kappa shape index (κ3) is 2.00. The van der Waals surface area contributed by atoms with Gasteiger partial charge in [-0.05, 0) is 26.8 Å². The first-order chi connectivity index (χ1) is 7.01. The highest BCUT2D eigenvalue weighted by Gasteiger charge is 2.37. The van der Waals surface area contributed by atoms with E-state index < -0.39 is 5.60 Å². The average molecular weight is 227 g/mol. The minimum atomic E-state index is -0.721. The van der Waals surface area contributed by atoms with Gasteiger partial charge in [-0.1, -0.05) is 11.3 Å². The number of hydrogen-bond donors (Lipinski definition) is 2. The van der Waals surface area contributed by atoms with E-state index in [-0.39, 0.29) is 0 Å². The van der Waals surface area contributed by atoms with Crippen LogP contribution in [0.15, 0.2) is 6.20 Å². The number of aromatic nitrogens is 1. The van der Waals surface area contributed by atoms with Crippen molar-refractivity contribution >= 4 is 16.5 Å². The first-order valence-electron chi connectivity index (χ1n) is 5.16. The van der Waals surface area contributed by atoms with Crippen LogP contribution in [-0.4, -0.2) is 34.6 Å². The van der Waals surface area contributed by atoms with Crippen LogP contribution in [0.3, 0.4) is 0 Å². The van der Waals surface area contributed by atoms with Crippen LogP contribution in [-0.2, 0) is 5.60 Å². The Morgan fingerprint density at radius 2 is 2.47 bits per heavy atom. The SMILES string of the molecule is CC1CC(O)(c2cnc(N)s2)CCN1C. The van der Waals surface area contributed by atoms with E-state index in [1.807, 2.05) is 0 Å². The van der Waals surface area contributed by atoms with Gasteiger partial charge in [-0.25, -0.2) is 4.98 Å². The Labute approximate surface area is 93.7 Å². The zero-order valence-corrected chi connectivity index (χ0v) is 9.92. The molecule has 2 rings (SSSR count). The summed E-state index contributed by atoms with van der Waals surface area (Å²) in [6.07, 6.45) is 3.22. The van der Waals surface area contributed by atoms with Crippen LogP contribution in [0.4, 0.5) is 5.13 Å². The smallest absolute Gasteiger partial charge is 0.180 e. The number of nitrogens with two attached hydrogens (primary N) is 1. The highest BCUT2D eigenvalue weighted by atomic mass is 32.1. The van der Waals surface area contributed by atoms with Crippen molar-refractivity contribution in [2.75, 3.05) is 19.3 Å². The molecule has 0 bridgehead atoms. The number of nitrogen functional groups attached to an aromatic ring is 1. The van der Waals surface area contributed by atoms with E-state index in [1.54, 1.807) is 6.20 Å². The molecule has 3 N–H and O–H groups in total. The summed E-state index contributed by atoms with van der Waals surface area (Å²) < 4.78 is 0. The van der Waals surface area contributed by atoms with Crippen LogP contribution in [0, 0.1) is 0 Å². The molecule has 0 radical (unpaired) electrons. The van der Waals surface area contributed by atoms with E-state index in [9.17, 15) is 5.11 Å². The molecule has 2 heterocycles. The highest BCUT2D eigenvalue weighted by molar-refractivity contribution is 7.15. The molecule has 0 spiro atoms. The molecule has 0 amide bonds. The number of aliphatic hydroxyl groups is 1. The topological polar surface area (TPSA) is 62.4 Å².